The van der Waals surface area contributed by atoms with E-state index in [1.165, 1.54) is 36.2 Å². The van der Waals surface area contributed by atoms with Crippen molar-refractivity contribution < 1.29 is 18.0 Å². The van der Waals surface area contributed by atoms with E-state index in [1.807, 2.05) is 0 Å². The Morgan fingerprint density at radius 2 is 1.59 bits per heavy atom. The number of carbonyl (C=O) groups is 1. The molecule has 1 aliphatic rings. The molecule has 0 spiro atoms. The van der Waals surface area contributed by atoms with Gasteiger partial charge in [0.15, 0.2) is 0 Å². The topological polar surface area (TPSA) is 32.3 Å². The first-order valence-corrected chi connectivity index (χ1v) is 9.23. The van der Waals surface area contributed by atoms with E-state index in [1.54, 1.807) is 0 Å². The molecule has 0 unspecified atom stereocenters. The zero-order chi connectivity index (χ0) is 19.3. The van der Waals surface area contributed by atoms with Gasteiger partial charge in [0.2, 0.25) is 0 Å². The van der Waals surface area contributed by atoms with Crippen LogP contribution in [0.1, 0.15) is 40.7 Å². The summed E-state index contributed by atoms with van der Waals surface area (Å²) in [6.07, 6.45) is -0.275. The monoisotopic (exact) mass is 376 g/mol. The Hall–Kier alpha value is -2.50. The van der Waals surface area contributed by atoms with Crippen LogP contribution in [0.25, 0.3) is 0 Å². The van der Waals surface area contributed by atoms with Gasteiger partial charge in [0.25, 0.3) is 5.91 Å². The van der Waals surface area contributed by atoms with Crippen LogP contribution in [0.4, 0.5) is 18.9 Å². The lowest BCUT2D eigenvalue weighted by molar-refractivity contribution is -0.137. The molecule has 0 radical (unpaired) electrons. The van der Waals surface area contributed by atoms with Crippen molar-refractivity contribution in [2.45, 2.75) is 31.9 Å². The summed E-state index contributed by atoms with van der Waals surface area (Å²) in [4.78, 5) is 14.4. The fourth-order valence-corrected chi connectivity index (χ4v) is 3.26. The van der Waals surface area contributed by atoms with Crippen LogP contribution in [0.15, 0.2) is 48.5 Å². The third kappa shape index (κ3) is 5.25. The van der Waals surface area contributed by atoms with Gasteiger partial charge in [0.1, 0.15) is 0 Å². The third-order valence-electron chi connectivity index (χ3n) is 4.81. The van der Waals surface area contributed by atoms with Gasteiger partial charge in [-0.1, -0.05) is 12.1 Å². The first-order valence-electron chi connectivity index (χ1n) is 9.23. The van der Waals surface area contributed by atoms with Crippen molar-refractivity contribution >= 4 is 11.6 Å². The number of amides is 1. The van der Waals surface area contributed by atoms with E-state index >= 15 is 0 Å². The molecule has 0 saturated carbocycles. The molecule has 1 fully saturated rings. The molecule has 0 bridgehead atoms. The number of carbonyl (C=O) groups excluding carboxylic acids is 1. The minimum Gasteiger partial charge on any atom is -0.372 e. The highest BCUT2D eigenvalue weighted by Gasteiger charge is 2.30. The number of benzene rings is 2. The number of hydrogen-bond acceptors (Lipinski definition) is 2. The van der Waals surface area contributed by atoms with E-state index in [0.29, 0.717) is 6.54 Å². The van der Waals surface area contributed by atoms with E-state index in [9.17, 15) is 18.0 Å². The van der Waals surface area contributed by atoms with Gasteiger partial charge >= 0.3 is 6.18 Å². The lowest BCUT2D eigenvalue weighted by Gasteiger charge is -2.17. The number of anilines is 1. The minimum absolute atomic E-state index is 0.234. The van der Waals surface area contributed by atoms with Crippen LogP contribution in [-0.2, 0) is 12.6 Å². The summed E-state index contributed by atoms with van der Waals surface area (Å²) in [5, 5.41) is 2.76. The molecule has 144 valence electrons. The first kappa shape index (κ1) is 19.3. The number of aryl methyl sites for hydroxylation is 1. The second kappa shape index (κ2) is 8.46. The highest BCUT2D eigenvalue weighted by atomic mass is 19.4. The van der Waals surface area contributed by atoms with Crippen molar-refractivity contribution in [1.29, 1.82) is 0 Å². The summed E-state index contributed by atoms with van der Waals surface area (Å²) >= 11 is 0. The molecule has 27 heavy (non-hydrogen) atoms. The molecular weight excluding hydrogens is 353 g/mol. The number of rotatable bonds is 6. The Morgan fingerprint density at radius 3 is 2.19 bits per heavy atom. The van der Waals surface area contributed by atoms with Crippen molar-refractivity contribution in [2.24, 2.45) is 0 Å². The summed E-state index contributed by atoms with van der Waals surface area (Å²) in [5.74, 6) is -0.354. The second-order valence-corrected chi connectivity index (χ2v) is 6.80. The predicted octanol–water partition coefficient (Wildman–Crippen LogP) is 4.67. The fraction of sp³-hybridized carbons (Fsp3) is 0.381. The molecule has 3 rings (SSSR count). The molecular formula is C21H23F3N2O. The SMILES string of the molecule is O=C(NCCCc1ccc(N2CCCC2)cc1)c1ccc(C(F)(F)F)cc1. The van der Waals surface area contributed by atoms with Crippen molar-refractivity contribution in [3.05, 3.63) is 65.2 Å². The molecule has 1 saturated heterocycles. The van der Waals surface area contributed by atoms with E-state index in [2.05, 4.69) is 34.5 Å². The van der Waals surface area contributed by atoms with Gasteiger partial charge in [0.05, 0.1) is 5.56 Å². The van der Waals surface area contributed by atoms with Gasteiger partial charge in [-0.3, -0.25) is 4.79 Å². The average Bonchev–Trinajstić information content (AvgIpc) is 3.20. The standard InChI is InChI=1S/C21H23F3N2O/c22-21(23,24)18-9-7-17(8-10-18)20(27)25-13-3-4-16-5-11-19(12-6-16)26-14-1-2-15-26/h5-12H,1-4,13-15H2,(H,25,27). The van der Waals surface area contributed by atoms with Crippen LogP contribution in [0, 0.1) is 0 Å². The van der Waals surface area contributed by atoms with Gasteiger partial charge in [-0.2, -0.15) is 13.2 Å². The molecule has 0 aliphatic carbocycles. The molecule has 1 aliphatic heterocycles. The van der Waals surface area contributed by atoms with Crippen molar-refractivity contribution in [3.8, 4) is 0 Å². The fourth-order valence-electron chi connectivity index (χ4n) is 3.26. The molecule has 0 aromatic heterocycles. The second-order valence-electron chi connectivity index (χ2n) is 6.80. The smallest absolute Gasteiger partial charge is 0.372 e. The van der Waals surface area contributed by atoms with Crippen molar-refractivity contribution in [3.63, 3.8) is 0 Å². The van der Waals surface area contributed by atoms with E-state index in [-0.39, 0.29) is 11.5 Å². The van der Waals surface area contributed by atoms with Gasteiger partial charge < -0.3 is 10.2 Å². The van der Waals surface area contributed by atoms with E-state index in [0.717, 1.165) is 38.1 Å². The van der Waals surface area contributed by atoms with Crippen molar-refractivity contribution in [2.75, 3.05) is 24.5 Å². The van der Waals surface area contributed by atoms with E-state index < -0.39 is 11.7 Å². The number of hydrogen-bond donors (Lipinski definition) is 1. The van der Waals surface area contributed by atoms with Crippen molar-refractivity contribution in [1.82, 2.24) is 5.32 Å². The van der Waals surface area contributed by atoms with Crippen LogP contribution < -0.4 is 10.2 Å². The summed E-state index contributed by atoms with van der Waals surface area (Å²) in [6.45, 7) is 2.72. The number of halogens is 3. The minimum atomic E-state index is -4.39. The third-order valence-corrected chi connectivity index (χ3v) is 4.81. The summed E-state index contributed by atoms with van der Waals surface area (Å²) in [6, 6.07) is 12.8. The number of nitrogens with one attached hydrogen (secondary N) is 1. The molecule has 2 aromatic carbocycles. The Labute approximate surface area is 157 Å². The van der Waals surface area contributed by atoms with Crippen LogP contribution in [-0.4, -0.2) is 25.5 Å². The molecule has 1 heterocycles. The van der Waals surface area contributed by atoms with Gasteiger partial charge in [-0.05, 0) is 67.6 Å². The average molecular weight is 376 g/mol. The van der Waals surface area contributed by atoms with Gasteiger partial charge in [-0.25, -0.2) is 0 Å². The Balaban J connectivity index is 1.42. The summed E-state index contributed by atoms with van der Waals surface area (Å²) in [5.41, 5.74) is 1.95. The lowest BCUT2D eigenvalue weighted by atomic mass is 10.1. The van der Waals surface area contributed by atoms with Gasteiger partial charge in [0, 0.05) is 30.9 Å². The Kier molecular flexibility index (Phi) is 6.04. The van der Waals surface area contributed by atoms with Crippen LogP contribution in [0.2, 0.25) is 0 Å². The highest BCUT2D eigenvalue weighted by Crippen LogP contribution is 2.29. The Bertz CT molecular complexity index is 748. The number of alkyl halides is 3. The molecule has 1 amide bonds. The normalized spacial score (nSPS) is 14.4. The highest BCUT2D eigenvalue weighted by molar-refractivity contribution is 5.94. The van der Waals surface area contributed by atoms with E-state index in [4.69, 9.17) is 0 Å². The van der Waals surface area contributed by atoms with Crippen LogP contribution in [0.3, 0.4) is 0 Å². The molecule has 1 N–H and O–H groups in total. The molecule has 0 atom stereocenters. The first-order chi connectivity index (χ1) is 12.9. The summed E-state index contributed by atoms with van der Waals surface area (Å²) < 4.78 is 37.6. The lowest BCUT2D eigenvalue weighted by Crippen LogP contribution is -2.24. The van der Waals surface area contributed by atoms with Crippen LogP contribution in [0.5, 0.6) is 0 Å². The predicted molar refractivity (Wildman–Crippen MR) is 100.0 cm³/mol. The Morgan fingerprint density at radius 1 is 0.963 bits per heavy atom. The molecule has 2 aromatic rings. The maximum absolute atomic E-state index is 12.5. The largest absolute Gasteiger partial charge is 0.416 e. The number of nitrogens with zero attached hydrogens (tertiary/aromatic N) is 1. The van der Waals surface area contributed by atoms with Gasteiger partial charge in [-0.15, -0.1) is 0 Å². The maximum atomic E-state index is 12.5. The maximum Gasteiger partial charge on any atom is 0.416 e. The molecule has 6 heteroatoms. The quantitative estimate of drug-likeness (QED) is 0.743. The zero-order valence-corrected chi connectivity index (χ0v) is 15.1. The zero-order valence-electron chi connectivity index (χ0n) is 15.1. The summed E-state index contributed by atoms with van der Waals surface area (Å²) in [7, 11) is 0. The molecule has 3 nitrogen and oxygen atoms in total. The van der Waals surface area contributed by atoms with Crippen LogP contribution >= 0.6 is 0 Å².